The van der Waals surface area contributed by atoms with Gasteiger partial charge in [-0.3, -0.25) is 4.98 Å². The van der Waals surface area contributed by atoms with Crippen LogP contribution in [0.5, 0.6) is 0 Å². The molecular formula is C16H16N. The molecule has 0 fully saturated rings. The minimum absolute atomic E-state index is 1.21. The van der Waals surface area contributed by atoms with Crippen LogP contribution in [0.2, 0.25) is 0 Å². The van der Waals surface area contributed by atoms with Gasteiger partial charge in [0.15, 0.2) is 0 Å². The minimum atomic E-state index is 1.21. The number of benzene rings is 1. The first-order valence-electron chi connectivity index (χ1n) is 6.22. The van der Waals surface area contributed by atoms with E-state index in [2.05, 4.69) is 42.6 Å². The molecule has 0 saturated heterocycles. The van der Waals surface area contributed by atoms with Crippen LogP contribution in [-0.2, 0) is 6.42 Å². The van der Waals surface area contributed by atoms with Crippen molar-refractivity contribution in [3.05, 3.63) is 59.8 Å². The summed E-state index contributed by atoms with van der Waals surface area (Å²) in [4.78, 5) is 4.22. The van der Waals surface area contributed by atoms with E-state index < -0.39 is 0 Å². The number of rotatable bonds is 1. The standard InChI is InChI=1S/C16H16N/c1-12-8-9-17-11-16(12)15-7-6-13-4-2-3-5-14(13)10-15/h5-11H,2-4H2,1H3. The Morgan fingerprint density at radius 3 is 3.00 bits per heavy atom. The van der Waals surface area contributed by atoms with Crippen LogP contribution in [0.3, 0.4) is 0 Å². The second-order valence-corrected chi connectivity index (χ2v) is 4.70. The van der Waals surface area contributed by atoms with Crippen molar-refractivity contribution in [3.63, 3.8) is 0 Å². The summed E-state index contributed by atoms with van der Waals surface area (Å²) in [5, 5.41) is 0. The second-order valence-electron chi connectivity index (χ2n) is 4.70. The fourth-order valence-electron chi connectivity index (χ4n) is 2.50. The molecule has 0 N–H and O–H groups in total. The molecule has 1 aliphatic rings. The molecular weight excluding hydrogens is 206 g/mol. The van der Waals surface area contributed by atoms with E-state index in [0.29, 0.717) is 0 Å². The molecule has 1 aliphatic carbocycles. The van der Waals surface area contributed by atoms with Crippen molar-refractivity contribution in [2.24, 2.45) is 0 Å². The Hall–Kier alpha value is -1.63. The molecule has 1 aromatic heterocycles. The van der Waals surface area contributed by atoms with Crippen molar-refractivity contribution in [2.75, 3.05) is 0 Å². The van der Waals surface area contributed by atoms with Gasteiger partial charge in [-0.1, -0.05) is 18.2 Å². The third-order valence-corrected chi connectivity index (χ3v) is 3.51. The minimum Gasteiger partial charge on any atom is -0.264 e. The van der Waals surface area contributed by atoms with Gasteiger partial charge in [-0.15, -0.1) is 0 Å². The van der Waals surface area contributed by atoms with E-state index in [9.17, 15) is 0 Å². The Labute approximate surface area is 103 Å². The average molecular weight is 222 g/mol. The Bertz CT molecular complexity index is 543. The molecule has 0 bridgehead atoms. The maximum absolute atomic E-state index is 4.22. The molecule has 0 spiro atoms. The molecule has 1 heterocycles. The smallest absolute Gasteiger partial charge is 0.0349 e. The summed E-state index contributed by atoms with van der Waals surface area (Å²) in [6.45, 7) is 2.14. The fraction of sp³-hybridized carbons (Fsp3) is 0.250. The predicted molar refractivity (Wildman–Crippen MR) is 70.8 cm³/mol. The summed E-state index contributed by atoms with van der Waals surface area (Å²) in [6, 6.07) is 8.87. The van der Waals surface area contributed by atoms with Gasteiger partial charge in [0.05, 0.1) is 0 Å². The van der Waals surface area contributed by atoms with E-state index in [-0.39, 0.29) is 0 Å². The zero-order valence-electron chi connectivity index (χ0n) is 10.1. The zero-order chi connectivity index (χ0) is 11.7. The van der Waals surface area contributed by atoms with Crippen LogP contribution >= 0.6 is 0 Å². The third-order valence-electron chi connectivity index (χ3n) is 3.51. The van der Waals surface area contributed by atoms with Crippen LogP contribution in [0.4, 0.5) is 0 Å². The monoisotopic (exact) mass is 222 g/mol. The van der Waals surface area contributed by atoms with Gasteiger partial charge in [-0.2, -0.15) is 0 Å². The maximum Gasteiger partial charge on any atom is 0.0349 e. The predicted octanol–water partition coefficient (Wildman–Crippen LogP) is 3.95. The van der Waals surface area contributed by atoms with E-state index in [4.69, 9.17) is 0 Å². The van der Waals surface area contributed by atoms with E-state index in [1.165, 1.54) is 47.1 Å². The normalized spacial score (nSPS) is 14.4. The first-order chi connectivity index (χ1) is 8.34. The summed E-state index contributed by atoms with van der Waals surface area (Å²) in [5.74, 6) is 0. The highest BCUT2D eigenvalue weighted by Crippen LogP contribution is 2.29. The van der Waals surface area contributed by atoms with Gasteiger partial charge in [0.1, 0.15) is 0 Å². The van der Waals surface area contributed by atoms with Gasteiger partial charge in [0.25, 0.3) is 0 Å². The van der Waals surface area contributed by atoms with E-state index in [1.54, 1.807) is 0 Å². The summed E-state index contributed by atoms with van der Waals surface area (Å²) < 4.78 is 0. The molecule has 0 atom stereocenters. The van der Waals surface area contributed by atoms with Crippen molar-refractivity contribution in [3.8, 4) is 11.1 Å². The Kier molecular flexibility index (Phi) is 2.68. The van der Waals surface area contributed by atoms with E-state index in [0.717, 1.165) is 0 Å². The van der Waals surface area contributed by atoms with Crippen LogP contribution in [-0.4, -0.2) is 4.98 Å². The molecule has 1 nitrogen and oxygen atoms in total. The highest BCUT2D eigenvalue weighted by Gasteiger charge is 2.11. The lowest BCUT2D eigenvalue weighted by molar-refractivity contribution is 0.775. The lowest BCUT2D eigenvalue weighted by Crippen LogP contribution is -2.00. The summed E-state index contributed by atoms with van der Waals surface area (Å²) in [5.41, 5.74) is 6.72. The molecule has 3 rings (SSSR count). The molecule has 85 valence electrons. The van der Waals surface area contributed by atoms with Crippen LogP contribution in [0, 0.1) is 13.3 Å². The quantitative estimate of drug-likeness (QED) is 0.712. The molecule has 1 aromatic carbocycles. The molecule has 1 radical (unpaired) electrons. The average Bonchev–Trinajstić information content (AvgIpc) is 2.39. The summed E-state index contributed by atoms with van der Waals surface area (Å²) >= 11 is 0. The maximum atomic E-state index is 4.22. The first-order valence-corrected chi connectivity index (χ1v) is 6.22. The second kappa shape index (κ2) is 4.33. The van der Waals surface area contributed by atoms with Crippen LogP contribution in [0.25, 0.3) is 11.1 Å². The topological polar surface area (TPSA) is 12.9 Å². The van der Waals surface area contributed by atoms with Crippen molar-refractivity contribution in [1.82, 2.24) is 4.98 Å². The molecule has 17 heavy (non-hydrogen) atoms. The van der Waals surface area contributed by atoms with Gasteiger partial charge in [0.2, 0.25) is 0 Å². The number of nitrogens with zero attached hydrogens (tertiary/aromatic N) is 1. The van der Waals surface area contributed by atoms with Crippen molar-refractivity contribution >= 4 is 0 Å². The molecule has 2 aromatic rings. The third kappa shape index (κ3) is 1.97. The molecule has 0 saturated carbocycles. The van der Waals surface area contributed by atoms with Gasteiger partial charge in [0, 0.05) is 18.0 Å². The highest BCUT2D eigenvalue weighted by atomic mass is 14.6. The van der Waals surface area contributed by atoms with Crippen molar-refractivity contribution in [1.29, 1.82) is 0 Å². The molecule has 1 heteroatoms. The number of fused-ring (bicyclic) bond motifs is 1. The lowest BCUT2D eigenvalue weighted by Gasteiger charge is -2.16. The molecule has 0 amide bonds. The van der Waals surface area contributed by atoms with Gasteiger partial charge >= 0.3 is 0 Å². The van der Waals surface area contributed by atoms with Crippen LogP contribution in [0.15, 0.2) is 36.7 Å². The fourth-order valence-corrected chi connectivity index (χ4v) is 2.50. The highest BCUT2D eigenvalue weighted by molar-refractivity contribution is 5.68. The zero-order valence-corrected chi connectivity index (χ0v) is 10.1. The van der Waals surface area contributed by atoms with Gasteiger partial charge < -0.3 is 0 Å². The van der Waals surface area contributed by atoms with Crippen molar-refractivity contribution in [2.45, 2.75) is 26.2 Å². The van der Waals surface area contributed by atoms with Gasteiger partial charge in [-0.25, -0.2) is 0 Å². The Balaban J connectivity index is 2.07. The number of pyridine rings is 1. The lowest BCUT2D eigenvalue weighted by atomic mass is 9.89. The Morgan fingerprint density at radius 2 is 2.12 bits per heavy atom. The Morgan fingerprint density at radius 1 is 1.18 bits per heavy atom. The number of aromatic nitrogens is 1. The molecule has 0 aliphatic heterocycles. The summed E-state index contributed by atoms with van der Waals surface area (Å²) in [7, 11) is 0. The first kappa shape index (κ1) is 10.5. The summed E-state index contributed by atoms with van der Waals surface area (Å²) in [6.07, 6.45) is 9.89. The number of aryl methyl sites for hydroxylation is 2. The van der Waals surface area contributed by atoms with Gasteiger partial charge in [-0.05, 0) is 60.9 Å². The SMILES string of the molecule is Cc1ccncc1-c1ccc2c(c1)[CH]CCC2. The van der Waals surface area contributed by atoms with Crippen LogP contribution < -0.4 is 0 Å². The van der Waals surface area contributed by atoms with E-state index in [1.807, 2.05) is 12.4 Å². The number of hydrogen-bond acceptors (Lipinski definition) is 1. The molecule has 0 unspecified atom stereocenters. The van der Waals surface area contributed by atoms with Crippen LogP contribution in [0.1, 0.15) is 29.5 Å². The number of hydrogen-bond donors (Lipinski definition) is 0. The van der Waals surface area contributed by atoms with E-state index >= 15 is 0 Å². The largest absolute Gasteiger partial charge is 0.264 e. The van der Waals surface area contributed by atoms with Crippen molar-refractivity contribution < 1.29 is 0 Å².